The molecule has 34 heavy (non-hydrogen) atoms. The summed E-state index contributed by atoms with van der Waals surface area (Å²) in [6.07, 6.45) is -0.501. The SMILES string of the molecule is COc1ccc(-c2c3c(=O)n(C)c(=O)n(C)c3c3n2C(C)(C)CO[C@H]3c2cccc(Cl)c2)cc1. The van der Waals surface area contributed by atoms with Gasteiger partial charge in [0.15, 0.2) is 0 Å². The van der Waals surface area contributed by atoms with E-state index in [0.717, 1.165) is 32.8 Å². The minimum Gasteiger partial charge on any atom is -0.497 e. The largest absolute Gasteiger partial charge is 0.497 e. The third kappa shape index (κ3) is 3.22. The van der Waals surface area contributed by atoms with E-state index in [-0.39, 0.29) is 11.2 Å². The Balaban J connectivity index is 1.98. The van der Waals surface area contributed by atoms with E-state index in [1.807, 2.05) is 48.5 Å². The molecule has 4 aromatic rings. The zero-order chi connectivity index (χ0) is 24.4. The van der Waals surface area contributed by atoms with E-state index in [0.29, 0.717) is 22.5 Å². The normalized spacial score (nSPS) is 17.1. The molecule has 0 bridgehead atoms. The molecule has 0 aliphatic carbocycles. The van der Waals surface area contributed by atoms with E-state index in [1.54, 1.807) is 14.2 Å². The maximum absolute atomic E-state index is 13.6. The fraction of sp³-hybridized carbons (Fsp3) is 0.308. The second kappa shape index (κ2) is 7.89. The number of halogens is 1. The van der Waals surface area contributed by atoms with Gasteiger partial charge in [0.1, 0.15) is 11.9 Å². The predicted octanol–water partition coefficient (Wildman–Crippen LogP) is 4.22. The van der Waals surface area contributed by atoms with Crippen LogP contribution in [0.15, 0.2) is 58.1 Å². The van der Waals surface area contributed by atoms with Gasteiger partial charge in [0.25, 0.3) is 5.56 Å². The first kappa shape index (κ1) is 22.5. The van der Waals surface area contributed by atoms with Crippen molar-refractivity contribution < 1.29 is 9.47 Å². The summed E-state index contributed by atoms with van der Waals surface area (Å²) < 4.78 is 16.6. The van der Waals surface area contributed by atoms with E-state index >= 15 is 0 Å². The highest BCUT2D eigenvalue weighted by Gasteiger charge is 2.40. The van der Waals surface area contributed by atoms with Crippen LogP contribution >= 0.6 is 11.6 Å². The summed E-state index contributed by atoms with van der Waals surface area (Å²) >= 11 is 6.31. The molecule has 2 aromatic heterocycles. The zero-order valence-corrected chi connectivity index (χ0v) is 20.5. The lowest BCUT2D eigenvalue weighted by Gasteiger charge is -2.39. The van der Waals surface area contributed by atoms with Gasteiger partial charge in [0.2, 0.25) is 0 Å². The standard InChI is InChI=1S/C26H26ClN3O4/c1-26(2)14-34-23(16-7-6-8-17(27)13-16)22-21-19(24(31)29(4)25(32)28(21)3)20(30(22)26)15-9-11-18(33-5)12-10-15/h6-13,23H,14H2,1-5H3/t23-/m0/s1. The minimum atomic E-state index is -0.501. The Morgan fingerprint density at radius 3 is 2.41 bits per heavy atom. The van der Waals surface area contributed by atoms with E-state index < -0.39 is 11.6 Å². The van der Waals surface area contributed by atoms with Crippen molar-refractivity contribution in [3.63, 3.8) is 0 Å². The molecule has 0 unspecified atom stereocenters. The molecule has 0 radical (unpaired) electrons. The Hall–Kier alpha value is -3.29. The van der Waals surface area contributed by atoms with Crippen molar-refractivity contribution in [3.8, 4) is 17.0 Å². The van der Waals surface area contributed by atoms with Gasteiger partial charge >= 0.3 is 5.69 Å². The van der Waals surface area contributed by atoms with E-state index in [9.17, 15) is 9.59 Å². The molecule has 8 heteroatoms. The van der Waals surface area contributed by atoms with Crippen LogP contribution in [0, 0.1) is 0 Å². The second-order valence-electron chi connectivity index (χ2n) is 9.29. The van der Waals surface area contributed by atoms with E-state index in [4.69, 9.17) is 21.1 Å². The second-order valence-corrected chi connectivity index (χ2v) is 9.72. The molecule has 0 N–H and O–H groups in total. The summed E-state index contributed by atoms with van der Waals surface area (Å²) in [7, 11) is 4.82. The first-order valence-electron chi connectivity index (χ1n) is 11.0. The van der Waals surface area contributed by atoms with Crippen LogP contribution in [-0.2, 0) is 24.4 Å². The molecule has 3 heterocycles. The summed E-state index contributed by atoms with van der Waals surface area (Å²) in [5.74, 6) is 0.721. The number of fused-ring (bicyclic) bond motifs is 3. The molecule has 0 amide bonds. The molecule has 2 aromatic carbocycles. The Labute approximate surface area is 201 Å². The van der Waals surface area contributed by atoms with E-state index in [2.05, 4.69) is 18.4 Å². The first-order chi connectivity index (χ1) is 16.2. The van der Waals surface area contributed by atoms with Gasteiger partial charge in [0, 0.05) is 19.1 Å². The van der Waals surface area contributed by atoms with Crippen molar-refractivity contribution >= 4 is 22.5 Å². The van der Waals surface area contributed by atoms with Crippen molar-refractivity contribution in [3.05, 3.63) is 85.6 Å². The third-order valence-corrected chi connectivity index (χ3v) is 6.82. The van der Waals surface area contributed by atoms with Gasteiger partial charge in [-0.25, -0.2) is 4.79 Å². The molecule has 0 spiro atoms. The quantitative estimate of drug-likeness (QED) is 0.441. The van der Waals surface area contributed by atoms with Crippen LogP contribution in [0.1, 0.15) is 31.2 Å². The van der Waals surface area contributed by atoms with Gasteiger partial charge in [-0.1, -0.05) is 23.7 Å². The molecule has 0 saturated carbocycles. The van der Waals surface area contributed by atoms with Gasteiger partial charge in [0.05, 0.1) is 41.5 Å². The number of benzene rings is 2. The lowest BCUT2D eigenvalue weighted by atomic mass is 9.98. The third-order valence-electron chi connectivity index (χ3n) is 6.58. The average Bonchev–Trinajstić information content (AvgIpc) is 3.19. The first-order valence-corrected chi connectivity index (χ1v) is 11.4. The Kier molecular flexibility index (Phi) is 5.22. The van der Waals surface area contributed by atoms with Crippen LogP contribution in [0.25, 0.3) is 22.2 Å². The number of hydrogen-bond acceptors (Lipinski definition) is 4. The smallest absolute Gasteiger partial charge is 0.331 e. The van der Waals surface area contributed by atoms with Crippen molar-refractivity contribution in [2.45, 2.75) is 25.5 Å². The molecule has 0 fully saturated rings. The lowest BCUT2D eigenvalue weighted by molar-refractivity contribution is -0.00706. The number of rotatable bonds is 3. The van der Waals surface area contributed by atoms with Crippen molar-refractivity contribution in [1.29, 1.82) is 0 Å². The molecule has 1 aliphatic rings. The van der Waals surface area contributed by atoms with Gasteiger partial charge in [-0.2, -0.15) is 0 Å². The molecule has 1 aliphatic heterocycles. The van der Waals surface area contributed by atoms with Crippen molar-refractivity contribution in [2.75, 3.05) is 13.7 Å². The van der Waals surface area contributed by atoms with Crippen molar-refractivity contribution in [1.82, 2.24) is 13.7 Å². The summed E-state index contributed by atoms with van der Waals surface area (Å²) in [5.41, 5.74) is 2.58. The van der Waals surface area contributed by atoms with E-state index in [1.165, 1.54) is 11.6 Å². The van der Waals surface area contributed by atoms with Crippen LogP contribution in [0.2, 0.25) is 5.02 Å². The molecular weight excluding hydrogens is 454 g/mol. The van der Waals surface area contributed by atoms with Crippen LogP contribution in [0.3, 0.4) is 0 Å². The van der Waals surface area contributed by atoms with Gasteiger partial charge in [-0.3, -0.25) is 13.9 Å². The zero-order valence-electron chi connectivity index (χ0n) is 19.8. The number of nitrogens with zero attached hydrogens (tertiary/aromatic N) is 3. The monoisotopic (exact) mass is 479 g/mol. The minimum absolute atomic E-state index is 0.341. The number of hydrogen-bond donors (Lipinski definition) is 0. The van der Waals surface area contributed by atoms with Crippen LogP contribution in [0.5, 0.6) is 5.75 Å². The number of aromatic nitrogens is 3. The number of ether oxygens (including phenoxy) is 2. The molecule has 176 valence electrons. The highest BCUT2D eigenvalue weighted by molar-refractivity contribution is 6.30. The molecule has 7 nitrogen and oxygen atoms in total. The number of methoxy groups -OCH3 is 1. The van der Waals surface area contributed by atoms with Crippen molar-refractivity contribution in [2.24, 2.45) is 14.1 Å². The van der Waals surface area contributed by atoms with Crippen LogP contribution < -0.4 is 16.0 Å². The van der Waals surface area contributed by atoms with Crippen LogP contribution in [0.4, 0.5) is 0 Å². The summed E-state index contributed by atoms with van der Waals surface area (Å²) in [6, 6.07) is 15.1. The average molecular weight is 480 g/mol. The van der Waals surface area contributed by atoms with Crippen LogP contribution in [-0.4, -0.2) is 27.4 Å². The summed E-state index contributed by atoms with van der Waals surface area (Å²) in [5, 5.41) is 1.07. The lowest BCUT2D eigenvalue weighted by Crippen LogP contribution is -2.40. The highest BCUT2D eigenvalue weighted by atomic mass is 35.5. The number of aryl methyl sites for hydroxylation is 1. The maximum Gasteiger partial charge on any atom is 0.331 e. The molecule has 0 saturated heterocycles. The Morgan fingerprint density at radius 2 is 1.76 bits per heavy atom. The Bertz CT molecular complexity index is 1540. The van der Waals surface area contributed by atoms with Gasteiger partial charge in [-0.05, 0) is 61.4 Å². The molecule has 1 atom stereocenters. The predicted molar refractivity (Wildman–Crippen MR) is 133 cm³/mol. The molecule has 5 rings (SSSR count). The fourth-order valence-electron chi connectivity index (χ4n) is 4.94. The summed E-state index contributed by atoms with van der Waals surface area (Å²) in [6.45, 7) is 4.55. The van der Waals surface area contributed by atoms with Gasteiger partial charge in [-0.15, -0.1) is 0 Å². The fourth-order valence-corrected chi connectivity index (χ4v) is 5.14. The summed E-state index contributed by atoms with van der Waals surface area (Å²) in [4.78, 5) is 26.6. The Morgan fingerprint density at radius 1 is 1.06 bits per heavy atom. The highest BCUT2D eigenvalue weighted by Crippen LogP contribution is 2.45. The van der Waals surface area contributed by atoms with Gasteiger partial charge < -0.3 is 14.0 Å². The topological polar surface area (TPSA) is 67.4 Å². The molecular formula is C26H26ClN3O4. The maximum atomic E-state index is 13.6.